The van der Waals surface area contributed by atoms with Crippen molar-refractivity contribution in [3.63, 3.8) is 0 Å². The van der Waals surface area contributed by atoms with Gasteiger partial charge in [-0.2, -0.15) is 0 Å². The van der Waals surface area contributed by atoms with E-state index in [9.17, 15) is 14.4 Å². The molecule has 0 aliphatic carbocycles. The number of hydrogen-bond acceptors (Lipinski definition) is 4. The maximum absolute atomic E-state index is 11.5. The first-order chi connectivity index (χ1) is 8.50. The Kier molecular flexibility index (Phi) is 4.79. The molecule has 2 amide bonds. The highest BCUT2D eigenvalue weighted by Crippen LogP contribution is 1.92. The number of carbonyl (C=O) groups excluding carboxylic acids is 2. The van der Waals surface area contributed by atoms with Gasteiger partial charge in [0.2, 0.25) is 5.91 Å². The fourth-order valence-electron chi connectivity index (χ4n) is 1.10. The maximum Gasteiger partial charge on any atom is 0.325 e. The van der Waals surface area contributed by atoms with Crippen molar-refractivity contribution >= 4 is 17.8 Å². The molecule has 0 radical (unpaired) electrons. The third-order valence-corrected chi connectivity index (χ3v) is 2.05. The van der Waals surface area contributed by atoms with E-state index in [2.05, 4.69) is 15.6 Å². The molecule has 1 unspecified atom stereocenters. The van der Waals surface area contributed by atoms with Crippen molar-refractivity contribution in [2.75, 3.05) is 6.54 Å². The molecule has 0 saturated heterocycles. The summed E-state index contributed by atoms with van der Waals surface area (Å²) in [5, 5.41) is 13.1. The smallest absolute Gasteiger partial charge is 0.325 e. The van der Waals surface area contributed by atoms with E-state index in [0.717, 1.165) is 0 Å². The van der Waals surface area contributed by atoms with E-state index in [1.165, 1.54) is 19.2 Å². The van der Waals surface area contributed by atoms with Crippen molar-refractivity contribution in [3.8, 4) is 0 Å². The van der Waals surface area contributed by atoms with E-state index in [0.29, 0.717) is 0 Å². The van der Waals surface area contributed by atoms with Crippen LogP contribution in [0.5, 0.6) is 0 Å². The Hall–Kier alpha value is -2.44. The number of aromatic nitrogens is 1. The van der Waals surface area contributed by atoms with E-state index in [1.807, 2.05) is 0 Å². The van der Waals surface area contributed by atoms with Gasteiger partial charge in [-0.3, -0.25) is 19.4 Å². The molecular formula is C11H13N3O4. The van der Waals surface area contributed by atoms with Crippen LogP contribution >= 0.6 is 0 Å². The predicted octanol–water partition coefficient (Wildman–Crippen LogP) is -0.599. The number of nitrogens with one attached hydrogen (secondary N) is 2. The van der Waals surface area contributed by atoms with Gasteiger partial charge in [0.25, 0.3) is 5.91 Å². The lowest BCUT2D eigenvalue weighted by Crippen LogP contribution is -2.44. The van der Waals surface area contributed by atoms with Gasteiger partial charge in [0, 0.05) is 6.20 Å². The Morgan fingerprint density at radius 3 is 2.67 bits per heavy atom. The summed E-state index contributed by atoms with van der Waals surface area (Å²) in [6.07, 6.45) is 1.46. The van der Waals surface area contributed by atoms with Crippen molar-refractivity contribution in [1.29, 1.82) is 0 Å². The maximum atomic E-state index is 11.5. The first kappa shape index (κ1) is 13.6. The molecule has 96 valence electrons. The molecule has 0 aliphatic heterocycles. The Balaban J connectivity index is 2.40. The second-order valence-electron chi connectivity index (χ2n) is 3.53. The predicted molar refractivity (Wildman–Crippen MR) is 61.8 cm³/mol. The summed E-state index contributed by atoms with van der Waals surface area (Å²) in [5.74, 6) is -2.21. The molecule has 0 fully saturated rings. The number of nitrogens with zero attached hydrogens (tertiary/aromatic N) is 1. The number of carboxylic acids is 1. The van der Waals surface area contributed by atoms with Crippen molar-refractivity contribution in [3.05, 3.63) is 30.1 Å². The summed E-state index contributed by atoms with van der Waals surface area (Å²) >= 11 is 0. The summed E-state index contributed by atoms with van der Waals surface area (Å²) in [6, 6.07) is 3.82. The molecule has 7 heteroatoms. The molecule has 1 atom stereocenters. The Morgan fingerprint density at radius 1 is 1.39 bits per heavy atom. The molecule has 0 bridgehead atoms. The van der Waals surface area contributed by atoms with Gasteiger partial charge in [-0.05, 0) is 19.1 Å². The van der Waals surface area contributed by atoms with E-state index in [-0.39, 0.29) is 12.2 Å². The molecule has 1 heterocycles. The van der Waals surface area contributed by atoms with Crippen molar-refractivity contribution in [2.24, 2.45) is 0 Å². The fourth-order valence-corrected chi connectivity index (χ4v) is 1.10. The molecule has 18 heavy (non-hydrogen) atoms. The molecule has 1 aromatic heterocycles. The van der Waals surface area contributed by atoms with E-state index >= 15 is 0 Å². The van der Waals surface area contributed by atoms with Crippen LogP contribution in [0.15, 0.2) is 24.4 Å². The lowest BCUT2D eigenvalue weighted by Gasteiger charge is -2.09. The highest BCUT2D eigenvalue weighted by Gasteiger charge is 2.14. The molecule has 0 spiro atoms. The number of hydrogen-bond donors (Lipinski definition) is 3. The minimum atomic E-state index is -1.14. The van der Waals surface area contributed by atoms with E-state index < -0.39 is 23.8 Å². The highest BCUT2D eigenvalue weighted by molar-refractivity contribution is 5.95. The first-order valence-electron chi connectivity index (χ1n) is 5.22. The SMILES string of the molecule is CC(NC(=O)CNC(=O)c1ccccn1)C(=O)O. The number of carboxylic acid groups (broad SMARTS) is 1. The second kappa shape index (κ2) is 6.33. The van der Waals surface area contributed by atoms with Gasteiger partial charge in [-0.1, -0.05) is 6.07 Å². The molecule has 0 saturated carbocycles. The van der Waals surface area contributed by atoms with Crippen LogP contribution in [0.4, 0.5) is 0 Å². The van der Waals surface area contributed by atoms with Gasteiger partial charge in [0.1, 0.15) is 11.7 Å². The van der Waals surface area contributed by atoms with E-state index in [4.69, 9.17) is 5.11 Å². The number of pyridine rings is 1. The van der Waals surface area contributed by atoms with Crippen LogP contribution in [-0.4, -0.2) is 40.5 Å². The Labute approximate surface area is 103 Å². The zero-order chi connectivity index (χ0) is 13.5. The Bertz CT molecular complexity index is 447. The number of amides is 2. The zero-order valence-corrected chi connectivity index (χ0v) is 9.71. The third-order valence-electron chi connectivity index (χ3n) is 2.05. The number of aliphatic carboxylic acids is 1. The summed E-state index contributed by atoms with van der Waals surface area (Å²) in [5.41, 5.74) is 0.191. The third kappa shape index (κ3) is 4.20. The number of carbonyl (C=O) groups is 3. The van der Waals surface area contributed by atoms with Gasteiger partial charge in [-0.15, -0.1) is 0 Å². The standard InChI is InChI=1S/C11H13N3O4/c1-7(11(17)18)14-9(15)6-13-10(16)8-4-2-3-5-12-8/h2-5,7H,6H2,1H3,(H,13,16)(H,14,15)(H,17,18). The van der Waals surface area contributed by atoms with E-state index in [1.54, 1.807) is 12.1 Å². The van der Waals surface area contributed by atoms with Gasteiger partial charge >= 0.3 is 5.97 Å². The topological polar surface area (TPSA) is 108 Å². The lowest BCUT2D eigenvalue weighted by atomic mass is 10.3. The van der Waals surface area contributed by atoms with Crippen LogP contribution in [-0.2, 0) is 9.59 Å². The van der Waals surface area contributed by atoms with Crippen LogP contribution < -0.4 is 10.6 Å². The molecule has 7 nitrogen and oxygen atoms in total. The van der Waals surface area contributed by atoms with Crippen molar-refractivity contribution in [1.82, 2.24) is 15.6 Å². The summed E-state index contributed by atoms with van der Waals surface area (Å²) in [4.78, 5) is 37.1. The average molecular weight is 251 g/mol. The molecule has 1 rings (SSSR count). The van der Waals surface area contributed by atoms with Gasteiger partial charge in [0.05, 0.1) is 6.54 Å². The van der Waals surface area contributed by atoms with Crippen molar-refractivity contribution in [2.45, 2.75) is 13.0 Å². The quantitative estimate of drug-likeness (QED) is 0.647. The average Bonchev–Trinajstić information content (AvgIpc) is 2.36. The van der Waals surface area contributed by atoms with Crippen LogP contribution in [0.2, 0.25) is 0 Å². The normalized spacial score (nSPS) is 11.4. The van der Waals surface area contributed by atoms with Gasteiger partial charge in [0.15, 0.2) is 0 Å². The molecular weight excluding hydrogens is 238 g/mol. The van der Waals surface area contributed by atoms with Crippen LogP contribution in [0.25, 0.3) is 0 Å². The minimum Gasteiger partial charge on any atom is -0.480 e. The van der Waals surface area contributed by atoms with Crippen LogP contribution in [0, 0.1) is 0 Å². The molecule has 1 aromatic rings. The summed E-state index contributed by atoms with van der Waals surface area (Å²) in [6.45, 7) is 1.04. The highest BCUT2D eigenvalue weighted by atomic mass is 16.4. The zero-order valence-electron chi connectivity index (χ0n) is 9.71. The van der Waals surface area contributed by atoms with Crippen LogP contribution in [0.3, 0.4) is 0 Å². The van der Waals surface area contributed by atoms with Crippen LogP contribution in [0.1, 0.15) is 17.4 Å². The second-order valence-corrected chi connectivity index (χ2v) is 3.53. The summed E-state index contributed by atoms with van der Waals surface area (Å²) in [7, 11) is 0. The minimum absolute atomic E-state index is 0.191. The largest absolute Gasteiger partial charge is 0.480 e. The first-order valence-corrected chi connectivity index (χ1v) is 5.22. The van der Waals surface area contributed by atoms with Gasteiger partial charge in [-0.25, -0.2) is 0 Å². The van der Waals surface area contributed by atoms with Gasteiger partial charge < -0.3 is 15.7 Å². The van der Waals surface area contributed by atoms with Crippen molar-refractivity contribution < 1.29 is 19.5 Å². The monoisotopic (exact) mass is 251 g/mol. The fraction of sp³-hybridized carbons (Fsp3) is 0.273. The molecule has 0 aliphatic rings. The summed E-state index contributed by atoms with van der Waals surface area (Å²) < 4.78 is 0. The lowest BCUT2D eigenvalue weighted by molar-refractivity contribution is -0.141. The molecule has 0 aromatic carbocycles. The molecule has 3 N–H and O–H groups in total. The Morgan fingerprint density at radius 2 is 2.11 bits per heavy atom. The number of rotatable bonds is 5.